The van der Waals surface area contributed by atoms with Crippen molar-refractivity contribution in [1.82, 2.24) is 5.32 Å². The molecule has 1 amide bonds. The van der Waals surface area contributed by atoms with E-state index in [4.69, 9.17) is 26.8 Å². The number of nitrogens with two attached hydrogens (primary N) is 1. The lowest BCUT2D eigenvalue weighted by atomic mass is 10.1. The summed E-state index contributed by atoms with van der Waals surface area (Å²) in [4.78, 5) is 11.7. The second-order valence-corrected chi connectivity index (χ2v) is 5.35. The molecule has 1 rings (SSSR count). The summed E-state index contributed by atoms with van der Waals surface area (Å²) in [5, 5.41) is 3.39. The van der Waals surface area contributed by atoms with Crippen molar-refractivity contribution >= 4 is 17.5 Å². The molecule has 0 heterocycles. The molecule has 0 spiro atoms. The van der Waals surface area contributed by atoms with Gasteiger partial charge in [0.05, 0.1) is 0 Å². The molecule has 21 heavy (non-hydrogen) atoms. The Bertz CT molecular complexity index is 453. The standard InChI is InChI=1S/C15H23ClN2O3/c1-11(17)8-12-9-13(16)4-5-14(12)21-10-15(19)18-6-3-7-20-2/h4-5,9,11H,3,6-8,10,17H2,1-2H3,(H,18,19). The van der Waals surface area contributed by atoms with Crippen LogP contribution in [0, 0.1) is 0 Å². The van der Waals surface area contributed by atoms with Gasteiger partial charge in [0.25, 0.3) is 5.91 Å². The topological polar surface area (TPSA) is 73.6 Å². The van der Waals surface area contributed by atoms with E-state index in [9.17, 15) is 4.79 Å². The molecular formula is C15H23ClN2O3. The first-order valence-corrected chi connectivity index (χ1v) is 7.33. The molecule has 0 fully saturated rings. The van der Waals surface area contributed by atoms with Crippen LogP contribution in [0.5, 0.6) is 5.75 Å². The van der Waals surface area contributed by atoms with Crippen LogP contribution >= 0.6 is 11.6 Å². The lowest BCUT2D eigenvalue weighted by Gasteiger charge is -2.13. The maximum Gasteiger partial charge on any atom is 0.257 e. The van der Waals surface area contributed by atoms with E-state index in [2.05, 4.69) is 5.32 Å². The van der Waals surface area contributed by atoms with E-state index in [1.165, 1.54) is 0 Å². The summed E-state index contributed by atoms with van der Waals surface area (Å²) in [6.45, 7) is 3.08. The number of carbonyl (C=O) groups is 1. The second-order valence-electron chi connectivity index (χ2n) is 4.92. The number of benzene rings is 1. The Kier molecular flexibility index (Phi) is 8.12. The molecule has 0 aliphatic rings. The molecule has 1 unspecified atom stereocenters. The predicted molar refractivity (Wildman–Crippen MR) is 83.8 cm³/mol. The molecule has 5 nitrogen and oxygen atoms in total. The highest BCUT2D eigenvalue weighted by molar-refractivity contribution is 6.30. The average Bonchev–Trinajstić information content (AvgIpc) is 2.42. The highest BCUT2D eigenvalue weighted by Crippen LogP contribution is 2.24. The summed E-state index contributed by atoms with van der Waals surface area (Å²) < 4.78 is 10.5. The first kappa shape index (κ1) is 17.8. The minimum atomic E-state index is -0.159. The Labute approximate surface area is 130 Å². The fourth-order valence-electron chi connectivity index (χ4n) is 1.83. The molecule has 0 aliphatic heterocycles. The van der Waals surface area contributed by atoms with Crippen molar-refractivity contribution in [3.05, 3.63) is 28.8 Å². The molecule has 6 heteroatoms. The van der Waals surface area contributed by atoms with Gasteiger partial charge in [0.15, 0.2) is 6.61 Å². The molecule has 1 atom stereocenters. The van der Waals surface area contributed by atoms with Gasteiger partial charge in [0.2, 0.25) is 0 Å². The second kappa shape index (κ2) is 9.60. The number of ether oxygens (including phenoxy) is 2. The van der Waals surface area contributed by atoms with Gasteiger partial charge >= 0.3 is 0 Å². The number of nitrogens with one attached hydrogen (secondary N) is 1. The summed E-state index contributed by atoms with van der Waals surface area (Å²) in [6.07, 6.45) is 1.42. The summed E-state index contributed by atoms with van der Waals surface area (Å²) in [5.74, 6) is 0.483. The number of rotatable bonds is 9. The zero-order valence-corrected chi connectivity index (χ0v) is 13.3. The van der Waals surface area contributed by atoms with E-state index in [1.54, 1.807) is 19.2 Å². The van der Waals surface area contributed by atoms with E-state index in [0.717, 1.165) is 12.0 Å². The third-order valence-corrected chi connectivity index (χ3v) is 3.01. The molecular weight excluding hydrogens is 292 g/mol. The van der Waals surface area contributed by atoms with Crippen molar-refractivity contribution in [2.75, 3.05) is 26.9 Å². The number of carbonyl (C=O) groups excluding carboxylic acids is 1. The predicted octanol–water partition coefficient (Wildman–Crippen LogP) is 1.76. The van der Waals surface area contributed by atoms with Gasteiger partial charge < -0.3 is 20.5 Å². The van der Waals surface area contributed by atoms with E-state index >= 15 is 0 Å². The van der Waals surface area contributed by atoms with Crippen LogP contribution in [0.25, 0.3) is 0 Å². The van der Waals surface area contributed by atoms with Crippen LogP contribution in [-0.2, 0) is 16.0 Å². The van der Waals surface area contributed by atoms with Gasteiger partial charge in [0.1, 0.15) is 5.75 Å². The molecule has 0 aliphatic carbocycles. The molecule has 0 radical (unpaired) electrons. The van der Waals surface area contributed by atoms with Crippen LogP contribution in [0.4, 0.5) is 0 Å². The quantitative estimate of drug-likeness (QED) is 0.681. The van der Waals surface area contributed by atoms with Crippen LogP contribution in [-0.4, -0.2) is 38.8 Å². The van der Waals surface area contributed by atoms with E-state index in [1.807, 2.05) is 13.0 Å². The lowest BCUT2D eigenvalue weighted by molar-refractivity contribution is -0.123. The summed E-state index contributed by atoms with van der Waals surface area (Å²) >= 11 is 5.97. The maximum absolute atomic E-state index is 11.7. The molecule has 118 valence electrons. The van der Waals surface area contributed by atoms with Crippen molar-refractivity contribution in [1.29, 1.82) is 0 Å². The average molecular weight is 315 g/mol. The monoisotopic (exact) mass is 314 g/mol. The van der Waals surface area contributed by atoms with Gasteiger partial charge in [-0.1, -0.05) is 11.6 Å². The van der Waals surface area contributed by atoms with Crippen LogP contribution < -0.4 is 15.8 Å². The highest BCUT2D eigenvalue weighted by Gasteiger charge is 2.09. The minimum absolute atomic E-state index is 0.00585. The van der Waals surface area contributed by atoms with E-state index < -0.39 is 0 Å². The van der Waals surface area contributed by atoms with Crippen molar-refractivity contribution in [2.45, 2.75) is 25.8 Å². The van der Waals surface area contributed by atoms with Gasteiger partial charge in [-0.3, -0.25) is 4.79 Å². The molecule has 1 aromatic carbocycles. The number of hydrogen-bond acceptors (Lipinski definition) is 4. The Morgan fingerprint density at radius 2 is 2.24 bits per heavy atom. The van der Waals surface area contributed by atoms with Gasteiger partial charge in [-0.25, -0.2) is 0 Å². The molecule has 0 bridgehead atoms. The zero-order valence-electron chi connectivity index (χ0n) is 12.5. The largest absolute Gasteiger partial charge is 0.483 e. The molecule has 0 saturated heterocycles. The van der Waals surface area contributed by atoms with Crippen LogP contribution in [0.15, 0.2) is 18.2 Å². The van der Waals surface area contributed by atoms with Crippen molar-refractivity contribution < 1.29 is 14.3 Å². The van der Waals surface area contributed by atoms with Gasteiger partial charge in [-0.15, -0.1) is 0 Å². The third kappa shape index (κ3) is 7.32. The number of hydrogen-bond donors (Lipinski definition) is 2. The Hall–Kier alpha value is -1.30. The third-order valence-electron chi connectivity index (χ3n) is 2.77. The summed E-state index contributed by atoms with van der Waals surface area (Å²) in [7, 11) is 1.63. The smallest absolute Gasteiger partial charge is 0.257 e. The number of amides is 1. The normalized spacial score (nSPS) is 12.0. The van der Waals surface area contributed by atoms with Crippen molar-refractivity contribution in [3.8, 4) is 5.75 Å². The minimum Gasteiger partial charge on any atom is -0.483 e. The molecule has 1 aromatic rings. The highest BCUT2D eigenvalue weighted by atomic mass is 35.5. The van der Waals surface area contributed by atoms with Crippen molar-refractivity contribution in [2.24, 2.45) is 5.73 Å². The number of methoxy groups -OCH3 is 1. The first-order chi connectivity index (χ1) is 10.0. The Morgan fingerprint density at radius 3 is 2.90 bits per heavy atom. The van der Waals surface area contributed by atoms with Crippen LogP contribution in [0.2, 0.25) is 5.02 Å². The summed E-state index contributed by atoms with van der Waals surface area (Å²) in [6, 6.07) is 5.31. The Balaban J connectivity index is 2.48. The SMILES string of the molecule is COCCCNC(=O)COc1ccc(Cl)cc1CC(C)N. The van der Waals surface area contributed by atoms with Crippen LogP contribution in [0.1, 0.15) is 18.9 Å². The lowest BCUT2D eigenvalue weighted by Crippen LogP contribution is -2.30. The Morgan fingerprint density at radius 1 is 1.48 bits per heavy atom. The fraction of sp³-hybridized carbons (Fsp3) is 0.533. The molecule has 0 saturated carbocycles. The van der Waals surface area contributed by atoms with Gasteiger partial charge in [-0.2, -0.15) is 0 Å². The number of halogens is 1. The maximum atomic E-state index is 11.7. The molecule has 3 N–H and O–H groups in total. The zero-order chi connectivity index (χ0) is 15.7. The van der Waals surface area contributed by atoms with E-state index in [0.29, 0.717) is 30.3 Å². The first-order valence-electron chi connectivity index (χ1n) is 6.95. The van der Waals surface area contributed by atoms with Crippen LogP contribution in [0.3, 0.4) is 0 Å². The van der Waals surface area contributed by atoms with E-state index in [-0.39, 0.29) is 18.6 Å². The molecule has 0 aromatic heterocycles. The van der Waals surface area contributed by atoms with Gasteiger partial charge in [0, 0.05) is 31.3 Å². The van der Waals surface area contributed by atoms with Gasteiger partial charge in [-0.05, 0) is 43.5 Å². The summed E-state index contributed by atoms with van der Waals surface area (Å²) in [5.41, 5.74) is 6.71. The fourth-order valence-corrected chi connectivity index (χ4v) is 2.03. The van der Waals surface area contributed by atoms with Crippen molar-refractivity contribution in [3.63, 3.8) is 0 Å².